The summed E-state index contributed by atoms with van der Waals surface area (Å²) >= 11 is 0. The molecule has 0 spiro atoms. The van der Waals surface area contributed by atoms with E-state index in [2.05, 4.69) is 0 Å². The van der Waals surface area contributed by atoms with Crippen molar-refractivity contribution in [1.29, 1.82) is 0 Å². The molecule has 2 aromatic carbocycles. The van der Waals surface area contributed by atoms with E-state index in [9.17, 15) is 18.0 Å². The monoisotopic (exact) mass is 398 g/mol. The van der Waals surface area contributed by atoms with E-state index in [0.29, 0.717) is 5.56 Å². The summed E-state index contributed by atoms with van der Waals surface area (Å²) in [6.07, 6.45) is 0.801. The summed E-state index contributed by atoms with van der Waals surface area (Å²) < 4.78 is 25.7. The first-order valence-electron chi connectivity index (χ1n) is 9.21. The standard InChI is InChI=1S/C21H22N2O4S/c1-14-12-16-6-4-5-7-18(16)22(14)19(24)15-8-10-17(11-9-15)23-20(25)21(2,3)13-28(23,26)27/h4-11,14H,12-13H2,1-3H3/t14-/m1/s1. The number of para-hydroxylation sites is 1. The normalized spacial score (nSPS) is 22.4. The van der Waals surface area contributed by atoms with Crippen LogP contribution >= 0.6 is 0 Å². The maximum Gasteiger partial charge on any atom is 0.258 e. The fourth-order valence-corrected chi connectivity index (χ4v) is 6.12. The van der Waals surface area contributed by atoms with Crippen molar-refractivity contribution < 1.29 is 18.0 Å². The van der Waals surface area contributed by atoms with E-state index in [0.717, 1.165) is 22.0 Å². The molecule has 0 radical (unpaired) electrons. The number of hydrogen-bond acceptors (Lipinski definition) is 4. The molecule has 2 heterocycles. The number of fused-ring (bicyclic) bond motifs is 1. The summed E-state index contributed by atoms with van der Waals surface area (Å²) in [4.78, 5) is 27.4. The van der Waals surface area contributed by atoms with Gasteiger partial charge >= 0.3 is 0 Å². The Kier molecular flexibility index (Phi) is 4.12. The van der Waals surface area contributed by atoms with Gasteiger partial charge in [0.05, 0.1) is 16.9 Å². The van der Waals surface area contributed by atoms with E-state index in [1.54, 1.807) is 30.9 Å². The van der Waals surface area contributed by atoms with Crippen molar-refractivity contribution in [2.75, 3.05) is 15.0 Å². The molecule has 2 amide bonds. The van der Waals surface area contributed by atoms with Crippen LogP contribution < -0.4 is 9.21 Å². The summed E-state index contributed by atoms with van der Waals surface area (Å²) in [7, 11) is -3.71. The number of nitrogens with zero attached hydrogens (tertiary/aromatic N) is 2. The van der Waals surface area contributed by atoms with Gasteiger partial charge in [0.1, 0.15) is 0 Å². The van der Waals surface area contributed by atoms with E-state index < -0.39 is 21.3 Å². The van der Waals surface area contributed by atoms with Crippen molar-refractivity contribution in [3.05, 3.63) is 59.7 Å². The van der Waals surface area contributed by atoms with Gasteiger partial charge in [-0.1, -0.05) is 18.2 Å². The van der Waals surface area contributed by atoms with Crippen LogP contribution in [0.3, 0.4) is 0 Å². The van der Waals surface area contributed by atoms with E-state index in [1.165, 1.54) is 12.1 Å². The lowest BCUT2D eigenvalue weighted by Gasteiger charge is -2.23. The van der Waals surface area contributed by atoms with Crippen molar-refractivity contribution in [1.82, 2.24) is 0 Å². The van der Waals surface area contributed by atoms with E-state index in [1.807, 2.05) is 31.2 Å². The molecule has 0 N–H and O–H groups in total. The Bertz CT molecular complexity index is 1070. The molecule has 6 nitrogen and oxygen atoms in total. The molecule has 28 heavy (non-hydrogen) atoms. The summed E-state index contributed by atoms with van der Waals surface area (Å²) in [6.45, 7) is 5.25. The molecule has 2 aliphatic heterocycles. The number of benzene rings is 2. The van der Waals surface area contributed by atoms with Crippen molar-refractivity contribution >= 4 is 33.2 Å². The fourth-order valence-electron chi connectivity index (χ4n) is 4.01. The largest absolute Gasteiger partial charge is 0.305 e. The second kappa shape index (κ2) is 6.17. The molecule has 0 aromatic heterocycles. The van der Waals surface area contributed by atoms with Crippen LogP contribution in [0.1, 0.15) is 36.7 Å². The SMILES string of the molecule is C[C@@H]1Cc2ccccc2N1C(=O)c1ccc(N2C(=O)C(C)(C)CS2(=O)=O)cc1. The van der Waals surface area contributed by atoms with E-state index in [4.69, 9.17) is 0 Å². The number of rotatable bonds is 2. The number of carbonyl (C=O) groups is 2. The number of anilines is 2. The molecule has 1 atom stereocenters. The smallest absolute Gasteiger partial charge is 0.258 e. The fraction of sp³-hybridized carbons (Fsp3) is 0.333. The zero-order chi connectivity index (χ0) is 20.3. The van der Waals surface area contributed by atoms with Gasteiger partial charge in [0, 0.05) is 17.3 Å². The highest BCUT2D eigenvalue weighted by atomic mass is 32.2. The Morgan fingerprint density at radius 3 is 2.32 bits per heavy atom. The Balaban J connectivity index is 1.64. The van der Waals surface area contributed by atoms with Crippen LogP contribution in [0.4, 0.5) is 11.4 Å². The zero-order valence-corrected chi connectivity index (χ0v) is 16.9. The number of carbonyl (C=O) groups excluding carboxylic acids is 2. The van der Waals surface area contributed by atoms with Crippen LogP contribution in [0, 0.1) is 5.41 Å². The van der Waals surface area contributed by atoms with E-state index >= 15 is 0 Å². The van der Waals surface area contributed by atoms with Crippen molar-refractivity contribution in [3.63, 3.8) is 0 Å². The van der Waals surface area contributed by atoms with E-state index in [-0.39, 0.29) is 23.4 Å². The molecule has 2 aromatic rings. The topological polar surface area (TPSA) is 74.8 Å². The molecule has 0 aliphatic carbocycles. The first-order chi connectivity index (χ1) is 13.1. The molecule has 0 bridgehead atoms. The highest BCUT2D eigenvalue weighted by molar-refractivity contribution is 7.94. The summed E-state index contributed by atoms with van der Waals surface area (Å²) in [5.41, 5.74) is 1.80. The van der Waals surface area contributed by atoms with Gasteiger partial charge in [0.15, 0.2) is 0 Å². The Morgan fingerprint density at radius 1 is 1.07 bits per heavy atom. The van der Waals surface area contributed by atoms with Crippen LogP contribution in [-0.4, -0.2) is 32.0 Å². The maximum atomic E-state index is 13.1. The highest BCUT2D eigenvalue weighted by Gasteiger charge is 2.49. The van der Waals surface area contributed by atoms with Crippen molar-refractivity contribution in [2.24, 2.45) is 5.41 Å². The first-order valence-corrected chi connectivity index (χ1v) is 10.8. The minimum atomic E-state index is -3.71. The molecule has 4 rings (SSSR count). The predicted octanol–water partition coefficient (Wildman–Crippen LogP) is 2.98. The van der Waals surface area contributed by atoms with Gasteiger partial charge in [-0.25, -0.2) is 12.7 Å². The van der Waals surface area contributed by atoms with Crippen LogP contribution in [0.2, 0.25) is 0 Å². The quantitative estimate of drug-likeness (QED) is 0.779. The van der Waals surface area contributed by atoms with Crippen LogP contribution in [0.5, 0.6) is 0 Å². The number of sulfonamides is 1. The zero-order valence-electron chi connectivity index (χ0n) is 16.0. The minimum Gasteiger partial charge on any atom is -0.305 e. The highest BCUT2D eigenvalue weighted by Crippen LogP contribution is 2.36. The summed E-state index contributed by atoms with van der Waals surface area (Å²) in [5, 5.41) is 0. The van der Waals surface area contributed by atoms with Gasteiger partial charge in [0.2, 0.25) is 15.9 Å². The van der Waals surface area contributed by atoms with Gasteiger partial charge in [-0.2, -0.15) is 0 Å². The van der Waals surface area contributed by atoms with Gasteiger partial charge in [-0.15, -0.1) is 0 Å². The van der Waals surface area contributed by atoms with Gasteiger partial charge in [-0.05, 0) is 63.1 Å². The van der Waals surface area contributed by atoms with Crippen LogP contribution in [0.25, 0.3) is 0 Å². The molecule has 0 unspecified atom stereocenters. The summed E-state index contributed by atoms with van der Waals surface area (Å²) in [6, 6.07) is 14.1. The Morgan fingerprint density at radius 2 is 1.71 bits per heavy atom. The summed E-state index contributed by atoms with van der Waals surface area (Å²) in [5.74, 6) is -0.810. The molecule has 7 heteroatoms. The average molecular weight is 398 g/mol. The molecular weight excluding hydrogens is 376 g/mol. The van der Waals surface area contributed by atoms with Crippen LogP contribution in [-0.2, 0) is 21.2 Å². The van der Waals surface area contributed by atoms with Gasteiger partial charge in [0.25, 0.3) is 5.91 Å². The van der Waals surface area contributed by atoms with Crippen LogP contribution in [0.15, 0.2) is 48.5 Å². The Hall–Kier alpha value is -2.67. The second-order valence-corrected chi connectivity index (χ2v) is 9.93. The third kappa shape index (κ3) is 2.81. The first kappa shape index (κ1) is 18.7. The molecular formula is C21H22N2O4S. The van der Waals surface area contributed by atoms with Gasteiger partial charge in [-0.3, -0.25) is 9.59 Å². The number of hydrogen-bond donors (Lipinski definition) is 0. The lowest BCUT2D eigenvalue weighted by atomic mass is 9.95. The number of amides is 2. The Labute approximate surface area is 164 Å². The molecule has 146 valence electrons. The van der Waals surface area contributed by atoms with Gasteiger partial charge < -0.3 is 4.90 Å². The minimum absolute atomic E-state index is 0.0471. The molecule has 1 saturated heterocycles. The third-order valence-electron chi connectivity index (χ3n) is 5.36. The maximum absolute atomic E-state index is 13.1. The van der Waals surface area contributed by atoms with Crippen molar-refractivity contribution in [3.8, 4) is 0 Å². The molecule has 1 fully saturated rings. The average Bonchev–Trinajstić information content (AvgIpc) is 3.04. The third-order valence-corrected chi connectivity index (χ3v) is 7.38. The molecule has 2 aliphatic rings. The second-order valence-electron chi connectivity index (χ2n) is 8.11. The predicted molar refractivity (Wildman–Crippen MR) is 108 cm³/mol. The lowest BCUT2D eigenvalue weighted by Crippen LogP contribution is -2.36. The lowest BCUT2D eigenvalue weighted by molar-refractivity contribution is -0.123. The van der Waals surface area contributed by atoms with Crippen molar-refractivity contribution in [2.45, 2.75) is 33.2 Å². The molecule has 0 saturated carbocycles.